The number of para-hydroxylation sites is 2. The Kier molecular flexibility index (Phi) is 6.67. The average Bonchev–Trinajstić information content (AvgIpc) is 3.53. The van der Waals surface area contributed by atoms with Gasteiger partial charge in [0.05, 0.1) is 45.6 Å². The lowest BCUT2D eigenvalue weighted by atomic mass is 10.2. The molecular weight excluding hydrogens is 468 g/mol. The van der Waals surface area contributed by atoms with Gasteiger partial charge in [0.1, 0.15) is 5.01 Å². The van der Waals surface area contributed by atoms with Crippen LogP contribution in [-0.4, -0.2) is 50.9 Å². The Morgan fingerprint density at radius 1 is 1.21 bits per heavy atom. The number of hydrogen-bond acceptors (Lipinski definition) is 7. The molecule has 7 nitrogen and oxygen atoms in total. The minimum atomic E-state index is -0.149. The lowest BCUT2D eigenvalue weighted by Crippen LogP contribution is -2.32. The third-order valence-electron chi connectivity index (χ3n) is 6.20. The highest BCUT2D eigenvalue weighted by molar-refractivity contribution is 7.99. The molecule has 176 valence electrons. The first-order valence-corrected chi connectivity index (χ1v) is 13.2. The molecule has 9 heteroatoms. The highest BCUT2D eigenvalue weighted by atomic mass is 32.2. The predicted octanol–water partition coefficient (Wildman–Crippen LogP) is 4.50. The van der Waals surface area contributed by atoms with E-state index in [0.717, 1.165) is 34.7 Å². The normalized spacial score (nSPS) is 16.8. The van der Waals surface area contributed by atoms with Crippen molar-refractivity contribution in [3.05, 3.63) is 63.9 Å². The maximum absolute atomic E-state index is 13.2. The number of fused-ring (bicyclic) bond motifs is 2. The van der Waals surface area contributed by atoms with Gasteiger partial charge in [-0.05, 0) is 44.0 Å². The van der Waals surface area contributed by atoms with Crippen molar-refractivity contribution in [2.75, 3.05) is 19.4 Å². The van der Waals surface area contributed by atoms with Crippen molar-refractivity contribution >= 4 is 50.1 Å². The van der Waals surface area contributed by atoms with Crippen molar-refractivity contribution < 1.29 is 9.53 Å². The van der Waals surface area contributed by atoms with Crippen LogP contribution in [0.2, 0.25) is 0 Å². The van der Waals surface area contributed by atoms with Crippen LogP contribution >= 0.6 is 23.1 Å². The Balaban J connectivity index is 1.35. The summed E-state index contributed by atoms with van der Waals surface area (Å²) >= 11 is 2.91. The zero-order valence-electron chi connectivity index (χ0n) is 19.1. The second kappa shape index (κ2) is 9.85. The molecule has 1 amide bonds. The van der Waals surface area contributed by atoms with Crippen molar-refractivity contribution in [3.8, 4) is 0 Å². The molecule has 4 aromatic rings. The summed E-state index contributed by atoms with van der Waals surface area (Å²) in [6.07, 6.45) is 1.91. The summed E-state index contributed by atoms with van der Waals surface area (Å²) in [6, 6.07) is 15.2. The topological polar surface area (TPSA) is 77.3 Å². The van der Waals surface area contributed by atoms with Crippen LogP contribution in [-0.2, 0) is 16.1 Å². The van der Waals surface area contributed by atoms with E-state index in [1.54, 1.807) is 33.9 Å². The number of thiazole rings is 1. The Morgan fingerprint density at radius 3 is 2.74 bits per heavy atom. The van der Waals surface area contributed by atoms with E-state index in [2.05, 4.69) is 0 Å². The minimum absolute atomic E-state index is 0.00237. The predicted molar refractivity (Wildman–Crippen MR) is 137 cm³/mol. The standard InChI is InChI=1S/C25H26N4O3S2/c1-16(23-26-20-11-5-6-12-21(20)34-23)28(2)22(30)15-33-25-27-19-10-4-3-9-18(19)24(31)29(25)14-17-8-7-13-32-17/h3-6,9-12,16-17H,7-8,13-15H2,1-2H3/t16-,17-/m1/s1. The zero-order chi connectivity index (χ0) is 23.7. The molecule has 3 heterocycles. The average molecular weight is 495 g/mol. The van der Waals surface area contributed by atoms with E-state index in [4.69, 9.17) is 14.7 Å². The van der Waals surface area contributed by atoms with Crippen LogP contribution in [0.3, 0.4) is 0 Å². The molecule has 0 radical (unpaired) electrons. The summed E-state index contributed by atoms with van der Waals surface area (Å²) in [4.78, 5) is 37.5. The Labute approximate surface area is 205 Å². The van der Waals surface area contributed by atoms with Gasteiger partial charge >= 0.3 is 0 Å². The second-order valence-electron chi connectivity index (χ2n) is 8.45. The van der Waals surface area contributed by atoms with Gasteiger partial charge in [-0.2, -0.15) is 0 Å². The van der Waals surface area contributed by atoms with Crippen molar-refractivity contribution in [1.82, 2.24) is 19.4 Å². The highest BCUT2D eigenvalue weighted by Crippen LogP contribution is 2.29. The van der Waals surface area contributed by atoms with E-state index in [-0.39, 0.29) is 29.4 Å². The first-order valence-electron chi connectivity index (χ1n) is 11.4. The summed E-state index contributed by atoms with van der Waals surface area (Å²) in [5.41, 5.74) is 1.50. The molecule has 0 aliphatic carbocycles. The molecule has 34 heavy (non-hydrogen) atoms. The van der Waals surface area contributed by atoms with Crippen molar-refractivity contribution in [1.29, 1.82) is 0 Å². The molecular formula is C25H26N4O3S2. The molecule has 2 atom stereocenters. The molecule has 2 aromatic carbocycles. The van der Waals surface area contributed by atoms with Crippen LogP contribution in [0.1, 0.15) is 30.8 Å². The number of nitrogens with zero attached hydrogens (tertiary/aromatic N) is 4. The van der Waals surface area contributed by atoms with Gasteiger partial charge in [-0.3, -0.25) is 14.2 Å². The molecule has 1 fully saturated rings. The third-order valence-corrected chi connectivity index (χ3v) is 8.37. The Hall–Kier alpha value is -2.75. The monoisotopic (exact) mass is 494 g/mol. The molecule has 0 saturated carbocycles. The molecule has 1 aliphatic heterocycles. The first kappa shape index (κ1) is 23.0. The summed E-state index contributed by atoms with van der Waals surface area (Å²) < 4.78 is 8.55. The summed E-state index contributed by atoms with van der Waals surface area (Å²) in [6.45, 7) is 3.16. The summed E-state index contributed by atoms with van der Waals surface area (Å²) in [5, 5.41) is 2.03. The fourth-order valence-corrected chi connectivity index (χ4v) is 6.08. The van der Waals surface area contributed by atoms with Gasteiger partial charge in [-0.25, -0.2) is 9.97 Å². The van der Waals surface area contributed by atoms with E-state index in [0.29, 0.717) is 22.6 Å². The van der Waals surface area contributed by atoms with Crippen LogP contribution in [0.15, 0.2) is 58.5 Å². The quantitative estimate of drug-likeness (QED) is 0.278. The molecule has 2 aromatic heterocycles. The number of amides is 1. The van der Waals surface area contributed by atoms with Crippen LogP contribution in [0.4, 0.5) is 0 Å². The summed E-state index contributed by atoms with van der Waals surface area (Å²) in [7, 11) is 1.80. The van der Waals surface area contributed by atoms with E-state index >= 15 is 0 Å². The fraction of sp³-hybridized carbons (Fsp3) is 0.360. The van der Waals surface area contributed by atoms with Crippen molar-refractivity contribution in [3.63, 3.8) is 0 Å². The first-order chi connectivity index (χ1) is 16.5. The highest BCUT2D eigenvalue weighted by Gasteiger charge is 2.23. The summed E-state index contributed by atoms with van der Waals surface area (Å²) in [5.74, 6) is 0.144. The Bertz CT molecular complexity index is 1360. The molecule has 1 saturated heterocycles. The van der Waals surface area contributed by atoms with Gasteiger partial charge < -0.3 is 9.64 Å². The molecule has 1 aliphatic rings. The van der Waals surface area contributed by atoms with Crippen molar-refractivity contribution in [2.45, 2.75) is 43.6 Å². The Morgan fingerprint density at radius 2 is 1.97 bits per heavy atom. The molecule has 5 rings (SSSR count). The molecule has 0 unspecified atom stereocenters. The second-order valence-corrected chi connectivity index (χ2v) is 10.5. The number of carbonyl (C=O) groups excluding carboxylic acids is 1. The number of thioether (sulfide) groups is 1. The van der Waals surface area contributed by atoms with Crippen LogP contribution in [0.25, 0.3) is 21.1 Å². The van der Waals surface area contributed by atoms with Gasteiger partial charge in [0, 0.05) is 13.7 Å². The SMILES string of the molecule is C[C@H](c1nc2ccccc2s1)N(C)C(=O)CSc1nc2ccccc2c(=O)n1C[C@H]1CCCO1. The van der Waals surface area contributed by atoms with Crippen LogP contribution < -0.4 is 5.56 Å². The number of benzene rings is 2. The van der Waals surface area contributed by atoms with Crippen molar-refractivity contribution in [2.24, 2.45) is 0 Å². The van der Waals surface area contributed by atoms with Gasteiger partial charge in [-0.1, -0.05) is 36.0 Å². The lowest BCUT2D eigenvalue weighted by molar-refractivity contribution is -0.128. The maximum atomic E-state index is 13.2. The largest absolute Gasteiger partial charge is 0.376 e. The number of carbonyl (C=O) groups is 1. The smallest absolute Gasteiger partial charge is 0.262 e. The molecule has 0 spiro atoms. The number of aromatic nitrogens is 3. The van der Waals surface area contributed by atoms with E-state index < -0.39 is 0 Å². The van der Waals surface area contributed by atoms with E-state index in [1.165, 1.54) is 11.8 Å². The third kappa shape index (κ3) is 4.60. The minimum Gasteiger partial charge on any atom is -0.376 e. The fourth-order valence-electron chi connectivity index (χ4n) is 4.09. The lowest BCUT2D eigenvalue weighted by Gasteiger charge is -2.23. The number of ether oxygens (including phenoxy) is 1. The number of rotatable bonds is 7. The van der Waals surface area contributed by atoms with Gasteiger partial charge in [0.2, 0.25) is 5.91 Å². The van der Waals surface area contributed by atoms with Crippen LogP contribution in [0, 0.1) is 0 Å². The molecule has 0 N–H and O–H groups in total. The van der Waals surface area contributed by atoms with Gasteiger partial charge in [-0.15, -0.1) is 11.3 Å². The van der Waals surface area contributed by atoms with Crippen LogP contribution in [0.5, 0.6) is 0 Å². The zero-order valence-corrected chi connectivity index (χ0v) is 20.8. The van der Waals surface area contributed by atoms with Gasteiger partial charge in [0.25, 0.3) is 5.56 Å². The van der Waals surface area contributed by atoms with Gasteiger partial charge in [0.15, 0.2) is 5.16 Å². The van der Waals surface area contributed by atoms with E-state index in [9.17, 15) is 9.59 Å². The number of hydrogen-bond donors (Lipinski definition) is 0. The maximum Gasteiger partial charge on any atom is 0.262 e. The molecule has 0 bridgehead atoms. The van der Waals surface area contributed by atoms with E-state index in [1.807, 2.05) is 49.4 Å².